The number of hydrogen-bond acceptors (Lipinski definition) is 5. The van der Waals surface area contributed by atoms with Crippen LogP contribution in [0.5, 0.6) is 5.75 Å². The van der Waals surface area contributed by atoms with E-state index in [2.05, 4.69) is 10.3 Å². The smallest absolute Gasteiger partial charge is 0.179 e. The van der Waals surface area contributed by atoms with Crippen molar-refractivity contribution >= 4 is 16.7 Å². The fraction of sp³-hybridized carbons (Fsp3) is 0.500. The van der Waals surface area contributed by atoms with Crippen LogP contribution in [0, 0.1) is 5.92 Å². The molecule has 5 nitrogen and oxygen atoms in total. The summed E-state index contributed by atoms with van der Waals surface area (Å²) < 4.78 is 10.5. The van der Waals surface area contributed by atoms with Crippen molar-refractivity contribution in [2.75, 3.05) is 12.3 Å². The number of rotatable bonds is 3. The summed E-state index contributed by atoms with van der Waals surface area (Å²) in [6.45, 7) is 0.742. The van der Waals surface area contributed by atoms with Crippen LogP contribution in [0.3, 0.4) is 0 Å². The van der Waals surface area contributed by atoms with Gasteiger partial charge in [0.15, 0.2) is 16.8 Å². The first kappa shape index (κ1) is 10.4. The first-order chi connectivity index (χ1) is 8.34. The van der Waals surface area contributed by atoms with Gasteiger partial charge in [0.05, 0.1) is 12.3 Å². The summed E-state index contributed by atoms with van der Waals surface area (Å²) in [6, 6.07) is 3.60. The standard InChI is InChI=1S/C12H15N3O2/c13-9-5-6-10(12-11(9)14-17-15-12)16-7-8-3-1-2-4-8/h5-6,8H,1-4,7,13H2. The Hall–Kier alpha value is -1.78. The van der Waals surface area contributed by atoms with E-state index in [0.29, 0.717) is 28.4 Å². The maximum Gasteiger partial charge on any atom is 0.179 e. The molecule has 1 heterocycles. The fourth-order valence-corrected chi connectivity index (χ4v) is 2.36. The first-order valence-electron chi connectivity index (χ1n) is 5.98. The summed E-state index contributed by atoms with van der Waals surface area (Å²) in [5.41, 5.74) is 7.53. The third kappa shape index (κ3) is 1.92. The van der Waals surface area contributed by atoms with E-state index in [1.54, 1.807) is 6.07 Å². The van der Waals surface area contributed by atoms with E-state index in [1.807, 2.05) is 6.07 Å². The molecular formula is C12H15N3O2. The van der Waals surface area contributed by atoms with E-state index in [9.17, 15) is 0 Å². The van der Waals surface area contributed by atoms with E-state index >= 15 is 0 Å². The van der Waals surface area contributed by atoms with E-state index in [1.165, 1.54) is 25.7 Å². The highest BCUT2D eigenvalue weighted by Crippen LogP contribution is 2.29. The molecule has 2 aromatic rings. The van der Waals surface area contributed by atoms with E-state index in [-0.39, 0.29) is 0 Å². The molecule has 0 atom stereocenters. The second kappa shape index (κ2) is 4.24. The predicted molar refractivity (Wildman–Crippen MR) is 63.7 cm³/mol. The molecule has 0 aliphatic heterocycles. The minimum absolute atomic E-state index is 0.564. The van der Waals surface area contributed by atoms with Gasteiger partial charge in [-0.3, -0.25) is 0 Å². The topological polar surface area (TPSA) is 74.2 Å². The van der Waals surface area contributed by atoms with Gasteiger partial charge >= 0.3 is 0 Å². The molecule has 1 aromatic heterocycles. The number of nitrogens with zero attached hydrogens (tertiary/aromatic N) is 2. The third-order valence-electron chi connectivity index (χ3n) is 3.36. The van der Waals surface area contributed by atoms with Crippen LogP contribution in [0.15, 0.2) is 16.8 Å². The zero-order chi connectivity index (χ0) is 11.7. The lowest BCUT2D eigenvalue weighted by Gasteiger charge is -2.11. The molecule has 90 valence electrons. The van der Waals surface area contributed by atoms with E-state index < -0.39 is 0 Å². The normalized spacial score (nSPS) is 16.7. The molecular weight excluding hydrogens is 218 g/mol. The molecule has 1 aliphatic carbocycles. The van der Waals surface area contributed by atoms with Gasteiger partial charge in [-0.15, -0.1) is 0 Å². The summed E-state index contributed by atoms with van der Waals surface area (Å²) in [7, 11) is 0. The number of benzene rings is 1. The Morgan fingerprint density at radius 1 is 1.24 bits per heavy atom. The van der Waals surface area contributed by atoms with Crippen LogP contribution < -0.4 is 10.5 Å². The molecule has 1 saturated carbocycles. The highest BCUT2D eigenvalue weighted by Gasteiger charge is 2.17. The molecule has 0 spiro atoms. The van der Waals surface area contributed by atoms with E-state index in [4.69, 9.17) is 15.1 Å². The average molecular weight is 233 g/mol. The number of nitrogens with two attached hydrogens (primary N) is 1. The number of ether oxygens (including phenoxy) is 1. The van der Waals surface area contributed by atoms with Gasteiger partial charge in [0.2, 0.25) is 0 Å². The van der Waals surface area contributed by atoms with Crippen LogP contribution in [0.2, 0.25) is 0 Å². The van der Waals surface area contributed by atoms with Crippen LogP contribution in [0.25, 0.3) is 11.0 Å². The number of aromatic nitrogens is 2. The van der Waals surface area contributed by atoms with Crippen molar-refractivity contribution < 1.29 is 9.37 Å². The molecule has 3 rings (SSSR count). The molecule has 0 saturated heterocycles. The lowest BCUT2D eigenvalue weighted by molar-refractivity contribution is 0.252. The van der Waals surface area contributed by atoms with Gasteiger partial charge in [-0.1, -0.05) is 12.8 Å². The maximum absolute atomic E-state index is 5.80. The van der Waals surface area contributed by atoms with Gasteiger partial charge in [-0.2, -0.15) is 0 Å². The Balaban J connectivity index is 1.80. The average Bonchev–Trinajstić information content (AvgIpc) is 2.99. The van der Waals surface area contributed by atoms with E-state index in [0.717, 1.165) is 6.61 Å². The summed E-state index contributed by atoms with van der Waals surface area (Å²) in [6.07, 6.45) is 5.15. The maximum atomic E-state index is 5.80. The summed E-state index contributed by atoms with van der Waals surface area (Å²) >= 11 is 0. The lowest BCUT2D eigenvalue weighted by Crippen LogP contribution is -2.08. The monoisotopic (exact) mass is 233 g/mol. The Bertz CT molecular complexity index is 517. The Labute approximate surface area is 98.9 Å². The second-order valence-corrected chi connectivity index (χ2v) is 4.58. The number of fused-ring (bicyclic) bond motifs is 1. The van der Waals surface area contributed by atoms with Gasteiger partial charge < -0.3 is 10.5 Å². The first-order valence-corrected chi connectivity index (χ1v) is 5.98. The van der Waals surface area contributed by atoms with Gasteiger partial charge in [0, 0.05) is 0 Å². The quantitative estimate of drug-likeness (QED) is 0.824. The molecule has 0 unspecified atom stereocenters. The van der Waals surface area contributed by atoms with Crippen LogP contribution in [0.1, 0.15) is 25.7 Å². The minimum Gasteiger partial charge on any atom is -0.491 e. The van der Waals surface area contributed by atoms with Crippen LogP contribution >= 0.6 is 0 Å². The molecule has 1 fully saturated rings. The fourth-order valence-electron chi connectivity index (χ4n) is 2.36. The number of nitrogen functional groups attached to an aromatic ring is 1. The molecule has 0 amide bonds. The molecule has 0 bridgehead atoms. The van der Waals surface area contributed by atoms with Gasteiger partial charge in [0.25, 0.3) is 0 Å². The molecule has 2 N–H and O–H groups in total. The number of hydrogen-bond donors (Lipinski definition) is 1. The SMILES string of the molecule is Nc1ccc(OCC2CCCC2)c2nonc12. The van der Waals surface area contributed by atoms with Crippen LogP contribution in [0.4, 0.5) is 5.69 Å². The zero-order valence-electron chi connectivity index (χ0n) is 9.56. The number of anilines is 1. The highest BCUT2D eigenvalue weighted by molar-refractivity contribution is 5.90. The molecule has 0 radical (unpaired) electrons. The van der Waals surface area contributed by atoms with Crippen LogP contribution in [-0.2, 0) is 0 Å². The minimum atomic E-state index is 0.564. The molecule has 1 aliphatic rings. The summed E-state index contributed by atoms with van der Waals surface area (Å²) in [4.78, 5) is 0. The predicted octanol–water partition coefficient (Wildman–Crippen LogP) is 2.37. The van der Waals surface area contributed by atoms with Crippen molar-refractivity contribution in [3.05, 3.63) is 12.1 Å². The zero-order valence-corrected chi connectivity index (χ0v) is 9.56. The lowest BCUT2D eigenvalue weighted by atomic mass is 10.1. The van der Waals surface area contributed by atoms with Crippen molar-refractivity contribution in [2.45, 2.75) is 25.7 Å². The van der Waals surface area contributed by atoms with Crippen molar-refractivity contribution in [3.8, 4) is 5.75 Å². The third-order valence-corrected chi connectivity index (χ3v) is 3.36. The Morgan fingerprint density at radius 3 is 2.82 bits per heavy atom. The molecule has 17 heavy (non-hydrogen) atoms. The van der Waals surface area contributed by atoms with Crippen molar-refractivity contribution in [1.82, 2.24) is 10.3 Å². The molecule has 5 heteroatoms. The molecule has 1 aromatic carbocycles. The highest BCUT2D eigenvalue weighted by atomic mass is 16.6. The van der Waals surface area contributed by atoms with Crippen molar-refractivity contribution in [1.29, 1.82) is 0 Å². The van der Waals surface area contributed by atoms with Crippen molar-refractivity contribution in [3.63, 3.8) is 0 Å². The Kier molecular flexibility index (Phi) is 2.59. The Morgan fingerprint density at radius 2 is 2.00 bits per heavy atom. The van der Waals surface area contributed by atoms with Gasteiger partial charge in [-0.05, 0) is 41.2 Å². The van der Waals surface area contributed by atoms with Gasteiger partial charge in [-0.25, -0.2) is 4.63 Å². The van der Waals surface area contributed by atoms with Gasteiger partial charge in [0.1, 0.15) is 0 Å². The second-order valence-electron chi connectivity index (χ2n) is 4.58. The largest absolute Gasteiger partial charge is 0.491 e. The van der Waals surface area contributed by atoms with Crippen LogP contribution in [-0.4, -0.2) is 16.9 Å². The summed E-state index contributed by atoms with van der Waals surface area (Å²) in [5, 5.41) is 7.60. The summed E-state index contributed by atoms with van der Waals surface area (Å²) in [5.74, 6) is 1.38. The van der Waals surface area contributed by atoms with Crippen molar-refractivity contribution in [2.24, 2.45) is 5.92 Å².